The number of ether oxygens (including phenoxy) is 4. The Morgan fingerprint density at radius 1 is 1.05 bits per heavy atom. The molecule has 40 heavy (non-hydrogen) atoms. The zero-order chi connectivity index (χ0) is 30.3. The van der Waals surface area contributed by atoms with Gasteiger partial charge >= 0.3 is 11.9 Å². The molecule has 0 saturated carbocycles. The number of aliphatic hydroxyl groups is 1. The van der Waals surface area contributed by atoms with Crippen LogP contribution in [0, 0.1) is 5.92 Å². The summed E-state index contributed by atoms with van der Waals surface area (Å²) in [7, 11) is 1.84. The van der Waals surface area contributed by atoms with Crippen LogP contribution in [0.1, 0.15) is 58.9 Å². The van der Waals surface area contributed by atoms with E-state index in [0.717, 1.165) is 11.3 Å². The Hall–Kier alpha value is -2.46. The highest BCUT2D eigenvalue weighted by Crippen LogP contribution is 2.41. The van der Waals surface area contributed by atoms with Crippen LogP contribution in [0.2, 0.25) is 18.1 Å². The lowest BCUT2D eigenvalue weighted by atomic mass is 9.83. The molecule has 2 rings (SSSR count). The van der Waals surface area contributed by atoms with Gasteiger partial charge in [0, 0.05) is 18.8 Å². The van der Waals surface area contributed by atoms with Gasteiger partial charge in [0.25, 0.3) is 0 Å². The minimum atomic E-state index is -2.31. The first kappa shape index (κ1) is 33.7. The summed E-state index contributed by atoms with van der Waals surface area (Å²) in [4.78, 5) is 26.3. The molecule has 1 aliphatic carbocycles. The van der Waals surface area contributed by atoms with E-state index in [1.807, 2.05) is 31.2 Å². The minimum absolute atomic E-state index is 0.0640. The second-order valence-corrected chi connectivity index (χ2v) is 16.7. The largest absolute Gasteiger partial charge is 0.497 e. The van der Waals surface area contributed by atoms with Gasteiger partial charge in [-0.15, -0.1) is 0 Å². The highest BCUT2D eigenvalue weighted by atomic mass is 28.4. The van der Waals surface area contributed by atoms with Crippen molar-refractivity contribution in [1.29, 1.82) is 0 Å². The Kier molecular flexibility index (Phi) is 12.2. The molecular formula is C31H48O8Si. The second kappa shape index (κ2) is 14.4. The first-order valence-electron chi connectivity index (χ1n) is 13.9. The monoisotopic (exact) mass is 576 g/mol. The molecule has 4 atom stereocenters. The third kappa shape index (κ3) is 8.28. The topological polar surface area (TPSA) is 101 Å². The molecule has 0 bridgehead atoms. The van der Waals surface area contributed by atoms with Crippen LogP contribution in [0.3, 0.4) is 0 Å². The second-order valence-electron chi connectivity index (χ2n) is 11.9. The molecule has 1 aromatic carbocycles. The predicted molar refractivity (Wildman–Crippen MR) is 157 cm³/mol. The van der Waals surface area contributed by atoms with Crippen molar-refractivity contribution in [3.05, 3.63) is 53.1 Å². The number of benzene rings is 1. The van der Waals surface area contributed by atoms with Gasteiger partial charge in [0.2, 0.25) is 0 Å². The number of methoxy groups -OCH3 is 3. The quantitative estimate of drug-likeness (QED) is 0.214. The smallest absolute Gasteiger partial charge is 0.334 e. The van der Waals surface area contributed by atoms with Gasteiger partial charge in [-0.25, -0.2) is 9.59 Å². The van der Waals surface area contributed by atoms with E-state index in [0.29, 0.717) is 24.8 Å². The lowest BCUT2D eigenvalue weighted by Gasteiger charge is -2.41. The summed E-state index contributed by atoms with van der Waals surface area (Å²) in [6, 6.07) is 7.51. The van der Waals surface area contributed by atoms with Crippen molar-refractivity contribution >= 4 is 20.3 Å². The van der Waals surface area contributed by atoms with Gasteiger partial charge in [0.1, 0.15) is 5.75 Å². The summed E-state index contributed by atoms with van der Waals surface area (Å²) in [5, 5.41) is 11.8. The van der Waals surface area contributed by atoms with E-state index in [-0.39, 0.29) is 29.2 Å². The third-order valence-electron chi connectivity index (χ3n) is 8.10. The Morgan fingerprint density at radius 3 is 2.15 bits per heavy atom. The van der Waals surface area contributed by atoms with Crippen molar-refractivity contribution in [1.82, 2.24) is 0 Å². The number of aliphatic hydroxyl groups excluding tert-OH is 1. The summed E-state index contributed by atoms with van der Waals surface area (Å²) in [6.07, 6.45) is -0.887. The van der Waals surface area contributed by atoms with Gasteiger partial charge < -0.3 is 28.5 Å². The van der Waals surface area contributed by atoms with Gasteiger partial charge in [-0.2, -0.15) is 0 Å². The summed E-state index contributed by atoms with van der Waals surface area (Å²) in [6.45, 7) is 17.2. The fraction of sp³-hybridized carbons (Fsp3) is 0.613. The van der Waals surface area contributed by atoms with Gasteiger partial charge in [-0.1, -0.05) is 52.8 Å². The number of carbonyl (C=O) groups is 2. The van der Waals surface area contributed by atoms with Crippen molar-refractivity contribution in [3.8, 4) is 5.75 Å². The van der Waals surface area contributed by atoms with Crippen molar-refractivity contribution in [2.24, 2.45) is 5.92 Å². The molecule has 0 amide bonds. The highest BCUT2D eigenvalue weighted by molar-refractivity contribution is 6.74. The average Bonchev–Trinajstić information content (AvgIpc) is 2.95. The van der Waals surface area contributed by atoms with Crippen molar-refractivity contribution in [3.63, 3.8) is 0 Å². The van der Waals surface area contributed by atoms with Crippen LogP contribution in [0.25, 0.3) is 0 Å². The summed E-state index contributed by atoms with van der Waals surface area (Å²) in [5.74, 6) is -1.31. The standard InChI is InChI=1S/C31H48O8Si/c1-11-12-23-27(30(34)37-8)24(29(33)36-7)17-20(2)25(39-40(9,10)31(3,4)5)18-26(28(23)32)38-19-21-13-15-22(35-6)16-14-21/h13-16,23,25-26,28,32H,2,11-12,17-19H2,1,3-10H3/b27-24-/t23-,25+,26-,28-/m1/s1. The van der Waals surface area contributed by atoms with Gasteiger partial charge in [0.15, 0.2) is 8.32 Å². The SMILES string of the molecule is C=C1C/C(C(=O)OC)=C(/C(=O)OC)[C@@H](CCC)[C@@H](O)[C@H](OCc2ccc(OC)cc2)C[C@@H]1O[Si](C)(C)C(C)(C)C. The Bertz CT molecular complexity index is 1050. The van der Waals surface area contributed by atoms with Crippen molar-refractivity contribution in [2.75, 3.05) is 21.3 Å². The maximum atomic E-state index is 13.2. The molecular weight excluding hydrogens is 528 g/mol. The van der Waals surface area contributed by atoms with E-state index in [1.165, 1.54) is 14.2 Å². The van der Waals surface area contributed by atoms with Crippen LogP contribution >= 0.6 is 0 Å². The van der Waals surface area contributed by atoms with E-state index < -0.39 is 44.5 Å². The molecule has 0 spiro atoms. The average molecular weight is 577 g/mol. The normalized spacial score (nSPS) is 24.5. The fourth-order valence-electron chi connectivity index (χ4n) is 4.68. The maximum absolute atomic E-state index is 13.2. The number of hydrogen-bond acceptors (Lipinski definition) is 8. The fourth-order valence-corrected chi connectivity index (χ4v) is 6.01. The molecule has 9 heteroatoms. The summed E-state index contributed by atoms with van der Waals surface area (Å²) in [5.41, 5.74) is 1.76. The van der Waals surface area contributed by atoms with Crippen LogP contribution in [0.15, 0.2) is 47.6 Å². The molecule has 1 N–H and O–H groups in total. The third-order valence-corrected chi connectivity index (χ3v) is 12.6. The van der Waals surface area contributed by atoms with Crippen LogP contribution in [0.4, 0.5) is 0 Å². The molecule has 1 aliphatic rings. The maximum Gasteiger partial charge on any atom is 0.334 e. The molecule has 0 aliphatic heterocycles. The lowest BCUT2D eigenvalue weighted by Crippen LogP contribution is -2.46. The first-order valence-corrected chi connectivity index (χ1v) is 16.8. The predicted octanol–water partition coefficient (Wildman–Crippen LogP) is 5.74. The van der Waals surface area contributed by atoms with E-state index in [9.17, 15) is 14.7 Å². The van der Waals surface area contributed by atoms with E-state index in [1.54, 1.807) is 7.11 Å². The van der Waals surface area contributed by atoms with Crippen molar-refractivity contribution in [2.45, 2.75) is 96.4 Å². The number of carbonyl (C=O) groups excluding carboxylic acids is 2. The number of esters is 2. The van der Waals surface area contributed by atoms with Crippen LogP contribution < -0.4 is 4.74 Å². The number of hydrogen-bond donors (Lipinski definition) is 1. The van der Waals surface area contributed by atoms with Gasteiger partial charge in [0.05, 0.1) is 57.4 Å². The zero-order valence-electron chi connectivity index (χ0n) is 25.7. The first-order chi connectivity index (χ1) is 18.7. The Morgan fingerprint density at radius 2 is 1.65 bits per heavy atom. The summed E-state index contributed by atoms with van der Waals surface area (Å²) < 4.78 is 28.7. The Balaban J connectivity index is 2.66. The molecule has 0 unspecified atom stereocenters. The molecule has 0 radical (unpaired) electrons. The zero-order valence-corrected chi connectivity index (χ0v) is 26.7. The van der Waals surface area contributed by atoms with E-state index in [2.05, 4.69) is 40.4 Å². The van der Waals surface area contributed by atoms with Gasteiger partial charge in [-0.05, 0) is 47.8 Å². The van der Waals surface area contributed by atoms with Gasteiger partial charge in [-0.3, -0.25) is 0 Å². The molecule has 0 aromatic heterocycles. The minimum Gasteiger partial charge on any atom is -0.497 e. The van der Waals surface area contributed by atoms with Crippen LogP contribution in [-0.2, 0) is 34.8 Å². The number of rotatable bonds is 10. The molecule has 0 saturated heterocycles. The molecule has 0 fully saturated rings. The summed E-state index contributed by atoms with van der Waals surface area (Å²) >= 11 is 0. The molecule has 0 heterocycles. The molecule has 1 aromatic rings. The highest BCUT2D eigenvalue weighted by Gasteiger charge is 2.44. The molecule has 8 nitrogen and oxygen atoms in total. The van der Waals surface area contributed by atoms with E-state index >= 15 is 0 Å². The van der Waals surface area contributed by atoms with Crippen LogP contribution in [0.5, 0.6) is 5.75 Å². The lowest BCUT2D eigenvalue weighted by molar-refractivity contribution is -0.141. The van der Waals surface area contributed by atoms with E-state index in [4.69, 9.17) is 23.4 Å². The van der Waals surface area contributed by atoms with Crippen LogP contribution in [-0.4, -0.2) is 65.0 Å². The Labute approximate surface area is 240 Å². The van der Waals surface area contributed by atoms with Crippen molar-refractivity contribution < 1.29 is 38.1 Å². The molecule has 224 valence electrons.